The molecule has 0 aliphatic heterocycles. The Hall–Kier alpha value is -2.53. The Morgan fingerprint density at radius 2 is 1.75 bits per heavy atom. The molecule has 2 aromatic rings. The molecule has 2 rings (SSSR count). The maximum absolute atomic E-state index is 8.97. The molecule has 0 atom stereocenters. The molecule has 2 aromatic carbocycles. The molecule has 0 spiro atoms. The average molecular weight is 263 g/mol. The van der Waals surface area contributed by atoms with E-state index in [1.165, 1.54) is 11.1 Å². The number of methoxy groups -OCH3 is 1. The van der Waals surface area contributed by atoms with Gasteiger partial charge in [0.2, 0.25) is 0 Å². The quantitative estimate of drug-likeness (QED) is 0.776. The number of aryl methyl sites for hydroxylation is 1. The summed E-state index contributed by atoms with van der Waals surface area (Å²) in [5.41, 5.74) is 4.50. The number of benzene rings is 2. The molecule has 0 unspecified atom stereocenters. The van der Waals surface area contributed by atoms with Crippen molar-refractivity contribution in [1.29, 1.82) is 5.26 Å². The van der Waals surface area contributed by atoms with Crippen LogP contribution in [0.5, 0.6) is 5.75 Å². The summed E-state index contributed by atoms with van der Waals surface area (Å²) in [5.74, 6) is 0.820. The van der Waals surface area contributed by atoms with Gasteiger partial charge in [0.15, 0.2) is 0 Å². The van der Waals surface area contributed by atoms with Gasteiger partial charge in [0.25, 0.3) is 0 Å². The number of nitriles is 1. The van der Waals surface area contributed by atoms with Crippen LogP contribution in [0.4, 0.5) is 0 Å². The lowest BCUT2D eigenvalue weighted by Gasteiger charge is -2.08. The van der Waals surface area contributed by atoms with Crippen LogP contribution in [-0.4, -0.2) is 7.11 Å². The lowest BCUT2D eigenvalue weighted by atomic mass is 9.97. The molecule has 0 aliphatic carbocycles. The van der Waals surface area contributed by atoms with Crippen LogP contribution in [0, 0.1) is 18.3 Å². The molecule has 0 amide bonds. The third-order valence-electron chi connectivity index (χ3n) is 3.21. The Balaban J connectivity index is 2.25. The van der Waals surface area contributed by atoms with Crippen molar-refractivity contribution in [2.24, 2.45) is 0 Å². The molecule has 0 fully saturated rings. The second-order valence-corrected chi connectivity index (χ2v) is 4.69. The first-order chi connectivity index (χ1) is 9.72. The molecule has 0 saturated carbocycles. The number of allylic oxidation sites excluding steroid dienone is 2. The molecular weight excluding hydrogens is 246 g/mol. The second kappa shape index (κ2) is 6.58. The molecule has 0 saturated heterocycles. The maximum Gasteiger partial charge on any atom is 0.118 e. The number of hydrogen-bond donors (Lipinski definition) is 0. The van der Waals surface area contributed by atoms with Crippen molar-refractivity contribution in [3.63, 3.8) is 0 Å². The molecule has 0 aliphatic rings. The van der Waals surface area contributed by atoms with E-state index in [1.54, 1.807) is 13.2 Å². The number of hydrogen-bond acceptors (Lipinski definition) is 2. The Kier molecular flexibility index (Phi) is 4.57. The van der Waals surface area contributed by atoms with Gasteiger partial charge in [0.1, 0.15) is 5.75 Å². The van der Waals surface area contributed by atoms with Crippen molar-refractivity contribution >= 4 is 5.57 Å². The third-order valence-corrected chi connectivity index (χ3v) is 3.21. The lowest BCUT2D eigenvalue weighted by Crippen LogP contribution is -1.92. The van der Waals surface area contributed by atoms with Crippen molar-refractivity contribution in [3.8, 4) is 11.8 Å². The summed E-state index contributed by atoms with van der Waals surface area (Å²) < 4.78 is 5.16. The van der Waals surface area contributed by atoms with Gasteiger partial charge in [0.05, 0.1) is 13.2 Å². The van der Waals surface area contributed by atoms with Crippen LogP contribution >= 0.6 is 0 Å². The summed E-state index contributed by atoms with van der Waals surface area (Å²) in [7, 11) is 1.65. The highest BCUT2D eigenvalue weighted by molar-refractivity contribution is 5.70. The molecule has 100 valence electrons. The van der Waals surface area contributed by atoms with Crippen LogP contribution in [0.1, 0.15) is 16.7 Å². The van der Waals surface area contributed by atoms with Gasteiger partial charge in [0, 0.05) is 6.08 Å². The zero-order valence-electron chi connectivity index (χ0n) is 11.8. The fraction of sp³-hybridized carbons (Fsp3) is 0.167. The van der Waals surface area contributed by atoms with Gasteiger partial charge >= 0.3 is 0 Å². The molecule has 0 N–H and O–H groups in total. The van der Waals surface area contributed by atoms with Gasteiger partial charge < -0.3 is 4.74 Å². The van der Waals surface area contributed by atoms with E-state index in [-0.39, 0.29) is 0 Å². The van der Waals surface area contributed by atoms with Crippen molar-refractivity contribution < 1.29 is 4.74 Å². The van der Waals surface area contributed by atoms with Crippen LogP contribution in [0.15, 0.2) is 54.6 Å². The number of ether oxygens (including phenoxy) is 1. The molecular formula is C18H17NO. The first-order valence-corrected chi connectivity index (χ1v) is 6.51. The summed E-state index contributed by atoms with van der Waals surface area (Å²) in [6, 6.07) is 18.3. The predicted molar refractivity (Wildman–Crippen MR) is 81.5 cm³/mol. The molecule has 0 bridgehead atoms. The van der Waals surface area contributed by atoms with Gasteiger partial charge in [-0.2, -0.15) is 5.26 Å². The SMILES string of the molecule is COc1ccc(/C(=C/C#N)Cc2ccc(C)cc2)cc1. The van der Waals surface area contributed by atoms with Gasteiger partial charge in [-0.15, -0.1) is 0 Å². The zero-order valence-corrected chi connectivity index (χ0v) is 11.8. The van der Waals surface area contributed by atoms with E-state index in [0.717, 1.165) is 23.3 Å². The minimum Gasteiger partial charge on any atom is -0.497 e. The Bertz CT molecular complexity index is 631. The number of rotatable bonds is 4. The Morgan fingerprint density at radius 1 is 1.10 bits per heavy atom. The van der Waals surface area contributed by atoms with E-state index in [4.69, 9.17) is 10.00 Å². The fourth-order valence-electron chi connectivity index (χ4n) is 2.05. The summed E-state index contributed by atoms with van der Waals surface area (Å²) in [6.45, 7) is 2.07. The van der Waals surface area contributed by atoms with Crippen LogP contribution in [-0.2, 0) is 6.42 Å². The van der Waals surface area contributed by atoms with Gasteiger partial charge in [-0.25, -0.2) is 0 Å². The summed E-state index contributed by atoms with van der Waals surface area (Å²) in [6.07, 6.45) is 2.36. The summed E-state index contributed by atoms with van der Waals surface area (Å²) in [5, 5.41) is 8.97. The first kappa shape index (κ1) is 13.9. The van der Waals surface area contributed by atoms with Crippen LogP contribution < -0.4 is 4.74 Å². The highest BCUT2D eigenvalue weighted by Crippen LogP contribution is 2.22. The minimum atomic E-state index is 0.750. The monoisotopic (exact) mass is 263 g/mol. The van der Waals surface area contributed by atoms with Crippen molar-refractivity contribution in [2.45, 2.75) is 13.3 Å². The zero-order chi connectivity index (χ0) is 14.4. The van der Waals surface area contributed by atoms with E-state index in [0.29, 0.717) is 0 Å². The largest absolute Gasteiger partial charge is 0.497 e. The average Bonchev–Trinajstić information content (AvgIpc) is 2.49. The van der Waals surface area contributed by atoms with Gasteiger partial charge in [-0.3, -0.25) is 0 Å². The number of nitrogens with zero attached hydrogens (tertiary/aromatic N) is 1. The normalized spacial score (nSPS) is 10.9. The standard InChI is InChI=1S/C18H17NO/c1-14-3-5-15(6-4-14)13-17(11-12-19)16-7-9-18(20-2)10-8-16/h3-11H,13H2,1-2H3/b17-11+. The van der Waals surface area contributed by atoms with Crippen LogP contribution in [0.2, 0.25) is 0 Å². The maximum atomic E-state index is 8.97. The van der Waals surface area contributed by atoms with E-state index in [2.05, 4.69) is 37.3 Å². The Morgan fingerprint density at radius 3 is 2.30 bits per heavy atom. The van der Waals surface area contributed by atoms with E-state index >= 15 is 0 Å². The molecule has 2 heteroatoms. The summed E-state index contributed by atoms with van der Waals surface area (Å²) in [4.78, 5) is 0. The first-order valence-electron chi connectivity index (χ1n) is 6.51. The van der Waals surface area contributed by atoms with Gasteiger partial charge in [-0.05, 0) is 42.2 Å². The molecule has 0 radical (unpaired) electrons. The van der Waals surface area contributed by atoms with Crippen molar-refractivity contribution in [2.75, 3.05) is 7.11 Å². The van der Waals surface area contributed by atoms with Crippen molar-refractivity contribution in [3.05, 3.63) is 71.3 Å². The van der Waals surface area contributed by atoms with E-state index in [9.17, 15) is 0 Å². The fourth-order valence-corrected chi connectivity index (χ4v) is 2.05. The third kappa shape index (κ3) is 3.49. The highest BCUT2D eigenvalue weighted by atomic mass is 16.5. The van der Waals surface area contributed by atoms with Crippen molar-refractivity contribution in [1.82, 2.24) is 0 Å². The minimum absolute atomic E-state index is 0.750. The lowest BCUT2D eigenvalue weighted by molar-refractivity contribution is 0.415. The molecule has 20 heavy (non-hydrogen) atoms. The predicted octanol–water partition coefficient (Wildman–Crippen LogP) is 4.15. The molecule has 2 nitrogen and oxygen atoms in total. The van der Waals surface area contributed by atoms with E-state index in [1.807, 2.05) is 24.3 Å². The molecule has 0 heterocycles. The smallest absolute Gasteiger partial charge is 0.118 e. The molecule has 0 aromatic heterocycles. The van der Waals surface area contributed by atoms with Crippen LogP contribution in [0.25, 0.3) is 5.57 Å². The topological polar surface area (TPSA) is 33.0 Å². The Labute approximate surface area is 119 Å². The van der Waals surface area contributed by atoms with Crippen LogP contribution in [0.3, 0.4) is 0 Å². The highest BCUT2D eigenvalue weighted by Gasteiger charge is 2.04. The van der Waals surface area contributed by atoms with E-state index < -0.39 is 0 Å². The second-order valence-electron chi connectivity index (χ2n) is 4.69. The summed E-state index contributed by atoms with van der Waals surface area (Å²) >= 11 is 0. The van der Waals surface area contributed by atoms with Gasteiger partial charge in [-0.1, -0.05) is 42.0 Å².